The monoisotopic (exact) mass is 428 g/mol. The molecule has 0 saturated heterocycles. The number of methoxy groups -OCH3 is 1. The fraction of sp³-hybridized carbons (Fsp3) is 0.375. The summed E-state index contributed by atoms with van der Waals surface area (Å²) < 4.78 is 21.2. The summed E-state index contributed by atoms with van der Waals surface area (Å²) in [5.74, 6) is -0.167. The number of ether oxygens (including phenoxy) is 1. The number of aromatic nitrogens is 2. The number of carbonyl (C=O) groups excluding carboxylic acids is 1. The maximum absolute atomic E-state index is 14.4. The van der Waals surface area contributed by atoms with Gasteiger partial charge in [0.2, 0.25) is 0 Å². The molecule has 1 aliphatic heterocycles. The predicted octanol–water partition coefficient (Wildman–Crippen LogP) is 5.17. The summed E-state index contributed by atoms with van der Waals surface area (Å²) in [6.07, 6.45) is 3.56. The minimum atomic E-state index is -0.463. The van der Waals surface area contributed by atoms with Crippen molar-refractivity contribution in [2.24, 2.45) is 4.99 Å². The Balaban J connectivity index is 0.00000113. The first-order chi connectivity index (χ1) is 14.9. The van der Waals surface area contributed by atoms with Crippen LogP contribution in [0.15, 0.2) is 41.9 Å². The van der Waals surface area contributed by atoms with E-state index in [0.717, 1.165) is 5.56 Å². The highest BCUT2D eigenvalue weighted by atomic mass is 19.1. The Morgan fingerprint density at radius 2 is 1.97 bits per heavy atom. The number of allylic oxidation sites excluding steroid dienone is 2. The highest BCUT2D eigenvalue weighted by Gasteiger charge is 2.21. The van der Waals surface area contributed by atoms with Crippen molar-refractivity contribution < 1.29 is 13.9 Å². The Kier molecular flexibility index (Phi) is 10.4. The first-order valence-corrected chi connectivity index (χ1v) is 10.6. The Morgan fingerprint density at radius 3 is 2.55 bits per heavy atom. The lowest BCUT2D eigenvalue weighted by molar-refractivity contribution is 0.0924. The van der Waals surface area contributed by atoms with Crippen molar-refractivity contribution in [1.29, 1.82) is 0 Å². The third kappa shape index (κ3) is 6.13. The Morgan fingerprint density at radius 1 is 1.29 bits per heavy atom. The van der Waals surface area contributed by atoms with Gasteiger partial charge in [-0.3, -0.25) is 9.48 Å². The number of rotatable bonds is 5. The van der Waals surface area contributed by atoms with Crippen LogP contribution in [0.4, 0.5) is 4.39 Å². The third-order valence-electron chi connectivity index (χ3n) is 4.26. The van der Waals surface area contributed by atoms with Crippen LogP contribution in [0.3, 0.4) is 0 Å². The third-order valence-corrected chi connectivity index (χ3v) is 4.26. The second-order valence-corrected chi connectivity index (χ2v) is 6.14. The number of halogens is 1. The van der Waals surface area contributed by atoms with Crippen LogP contribution < -0.4 is 10.1 Å². The van der Waals surface area contributed by atoms with E-state index in [1.807, 2.05) is 41.5 Å². The number of benzene rings is 1. The summed E-state index contributed by atoms with van der Waals surface area (Å²) in [5, 5.41) is 7.23. The molecule has 6 nitrogen and oxygen atoms in total. The number of fused-ring (bicyclic) bond motifs is 1. The number of hydrogen-bond acceptors (Lipinski definition) is 4. The van der Waals surface area contributed by atoms with E-state index in [0.29, 0.717) is 35.9 Å². The molecule has 3 rings (SSSR count). The summed E-state index contributed by atoms with van der Waals surface area (Å²) in [7, 11) is 1.50. The summed E-state index contributed by atoms with van der Waals surface area (Å²) in [6.45, 7) is 16.7. The minimum Gasteiger partial charge on any atom is -0.496 e. The Bertz CT molecular complexity index is 974. The lowest BCUT2D eigenvalue weighted by Crippen LogP contribution is -2.35. The zero-order valence-corrected chi connectivity index (χ0v) is 19.5. The van der Waals surface area contributed by atoms with Gasteiger partial charge in [0.25, 0.3) is 5.91 Å². The number of amides is 1. The Labute approximate surface area is 184 Å². The quantitative estimate of drug-likeness (QED) is 0.668. The van der Waals surface area contributed by atoms with Gasteiger partial charge in [-0.25, -0.2) is 9.38 Å². The number of nitrogens with zero attached hydrogens (tertiary/aromatic N) is 3. The van der Waals surface area contributed by atoms with Gasteiger partial charge in [-0.1, -0.05) is 40.3 Å². The average Bonchev–Trinajstić information content (AvgIpc) is 3.23. The van der Waals surface area contributed by atoms with Crippen molar-refractivity contribution >= 4 is 17.3 Å². The van der Waals surface area contributed by atoms with Gasteiger partial charge in [-0.05, 0) is 37.6 Å². The topological polar surface area (TPSA) is 68.5 Å². The SMILES string of the molecule is C=C(N=C(/C=C\C)c1cc2n(n1)CCNC2=O)c1cc(C)c(OC)cc1F.CC.CC. The molecule has 0 bridgehead atoms. The standard InChI is InChI=1S/C20H21FN4O2.2C2H6/c1-5-6-16(17-11-18-20(26)22-7-8-25(18)24-17)23-13(3)14-9-12(2)19(27-4)10-15(14)21;2*1-2/h5-6,9-11H,3,7-8H2,1-2,4H3,(H,22,26);2*1-2H3/b6-5-,23-16?;;. The summed E-state index contributed by atoms with van der Waals surface area (Å²) >= 11 is 0. The molecule has 0 aliphatic carbocycles. The second-order valence-electron chi connectivity index (χ2n) is 6.14. The average molecular weight is 429 g/mol. The molecular weight excluding hydrogens is 395 g/mol. The van der Waals surface area contributed by atoms with Crippen molar-refractivity contribution in [2.45, 2.75) is 48.1 Å². The maximum Gasteiger partial charge on any atom is 0.269 e. The molecule has 7 heteroatoms. The molecule has 0 unspecified atom stereocenters. The fourth-order valence-electron chi connectivity index (χ4n) is 2.91. The molecule has 0 fully saturated rings. The van der Waals surface area contributed by atoms with Crippen LogP contribution in [-0.2, 0) is 6.54 Å². The molecule has 168 valence electrons. The molecule has 2 aromatic rings. The molecular formula is C24H33FN4O2. The van der Waals surface area contributed by atoms with Gasteiger partial charge < -0.3 is 10.1 Å². The van der Waals surface area contributed by atoms with E-state index < -0.39 is 5.82 Å². The van der Waals surface area contributed by atoms with E-state index in [4.69, 9.17) is 4.74 Å². The van der Waals surface area contributed by atoms with Crippen LogP contribution in [0, 0.1) is 12.7 Å². The highest BCUT2D eigenvalue weighted by Crippen LogP contribution is 2.27. The fourth-order valence-corrected chi connectivity index (χ4v) is 2.91. The normalized spacial score (nSPS) is 12.8. The number of aliphatic imine (C=N–C) groups is 1. The van der Waals surface area contributed by atoms with E-state index in [2.05, 4.69) is 22.0 Å². The van der Waals surface area contributed by atoms with Gasteiger partial charge in [0.1, 0.15) is 23.0 Å². The van der Waals surface area contributed by atoms with Gasteiger partial charge in [0.05, 0.1) is 25.1 Å². The van der Waals surface area contributed by atoms with Crippen LogP contribution in [0.2, 0.25) is 0 Å². The minimum absolute atomic E-state index is 0.171. The maximum atomic E-state index is 14.4. The van der Waals surface area contributed by atoms with Crippen molar-refractivity contribution in [3.63, 3.8) is 0 Å². The molecule has 1 amide bonds. The zero-order valence-electron chi connectivity index (χ0n) is 19.5. The number of aryl methyl sites for hydroxylation is 1. The van der Waals surface area contributed by atoms with Crippen LogP contribution >= 0.6 is 0 Å². The molecule has 1 aromatic heterocycles. The van der Waals surface area contributed by atoms with Gasteiger partial charge in [-0.15, -0.1) is 0 Å². The summed E-state index contributed by atoms with van der Waals surface area (Å²) in [4.78, 5) is 16.4. The first kappa shape index (κ1) is 25.8. The second kappa shape index (κ2) is 12.5. The molecule has 0 radical (unpaired) electrons. The van der Waals surface area contributed by atoms with Crippen LogP contribution in [-0.4, -0.2) is 35.1 Å². The van der Waals surface area contributed by atoms with E-state index in [1.165, 1.54) is 13.2 Å². The van der Waals surface area contributed by atoms with E-state index in [-0.39, 0.29) is 17.2 Å². The molecule has 31 heavy (non-hydrogen) atoms. The van der Waals surface area contributed by atoms with Crippen LogP contribution in [0.1, 0.15) is 61.9 Å². The van der Waals surface area contributed by atoms with Crippen molar-refractivity contribution in [3.8, 4) is 5.75 Å². The number of hydrogen-bond donors (Lipinski definition) is 1. The lowest BCUT2D eigenvalue weighted by atomic mass is 10.1. The van der Waals surface area contributed by atoms with Crippen LogP contribution in [0.25, 0.3) is 5.70 Å². The van der Waals surface area contributed by atoms with Crippen molar-refractivity contribution in [2.75, 3.05) is 13.7 Å². The highest BCUT2D eigenvalue weighted by molar-refractivity contribution is 6.10. The van der Waals surface area contributed by atoms with Crippen molar-refractivity contribution in [3.05, 3.63) is 65.3 Å². The lowest BCUT2D eigenvalue weighted by Gasteiger charge is -2.13. The van der Waals surface area contributed by atoms with Crippen LogP contribution in [0.5, 0.6) is 5.75 Å². The van der Waals surface area contributed by atoms with E-state index in [1.54, 1.807) is 29.0 Å². The van der Waals surface area contributed by atoms with Gasteiger partial charge in [0, 0.05) is 18.2 Å². The van der Waals surface area contributed by atoms with Crippen molar-refractivity contribution in [1.82, 2.24) is 15.1 Å². The predicted molar refractivity (Wildman–Crippen MR) is 125 cm³/mol. The molecule has 1 N–H and O–H groups in total. The van der Waals surface area contributed by atoms with E-state index >= 15 is 0 Å². The summed E-state index contributed by atoms with van der Waals surface area (Å²) in [6, 6.07) is 4.65. The smallest absolute Gasteiger partial charge is 0.269 e. The van der Waals surface area contributed by atoms with Gasteiger partial charge >= 0.3 is 0 Å². The zero-order chi connectivity index (χ0) is 23.6. The molecule has 0 atom stereocenters. The van der Waals surface area contributed by atoms with Gasteiger partial charge in [-0.2, -0.15) is 5.10 Å². The largest absolute Gasteiger partial charge is 0.496 e. The molecule has 0 saturated carbocycles. The number of carbonyl (C=O) groups is 1. The molecule has 0 spiro atoms. The molecule has 1 aliphatic rings. The summed E-state index contributed by atoms with van der Waals surface area (Å²) in [5.41, 5.74) is 2.85. The first-order valence-electron chi connectivity index (χ1n) is 10.6. The van der Waals surface area contributed by atoms with E-state index in [9.17, 15) is 9.18 Å². The number of nitrogens with one attached hydrogen (secondary N) is 1. The molecule has 1 aromatic carbocycles. The molecule has 2 heterocycles. The Hall–Kier alpha value is -3.22. The van der Waals surface area contributed by atoms with Gasteiger partial charge in [0.15, 0.2) is 0 Å².